The second-order valence-corrected chi connectivity index (χ2v) is 5.26. The van der Waals surface area contributed by atoms with E-state index < -0.39 is 0 Å². The molecule has 0 aliphatic rings. The van der Waals surface area contributed by atoms with E-state index >= 15 is 0 Å². The van der Waals surface area contributed by atoms with Crippen LogP contribution in [0.2, 0.25) is 0 Å². The summed E-state index contributed by atoms with van der Waals surface area (Å²) in [7, 11) is 0. The lowest BCUT2D eigenvalue weighted by Gasteiger charge is -2.15. The Bertz CT molecular complexity index is 596. The predicted molar refractivity (Wildman–Crippen MR) is 84.5 cm³/mol. The van der Waals surface area contributed by atoms with Gasteiger partial charge in [-0.05, 0) is 46.6 Å². The van der Waals surface area contributed by atoms with Gasteiger partial charge in [-0.25, -0.2) is 0 Å². The van der Waals surface area contributed by atoms with E-state index in [1.165, 1.54) is 0 Å². The van der Waals surface area contributed by atoms with Gasteiger partial charge in [-0.3, -0.25) is 0 Å². The SMILES string of the molecule is Cc1cccc(C(N)=S)c1Nc1ccccc1Br. The van der Waals surface area contributed by atoms with Gasteiger partial charge in [0.1, 0.15) is 4.99 Å². The van der Waals surface area contributed by atoms with E-state index in [0.29, 0.717) is 4.99 Å². The topological polar surface area (TPSA) is 38.0 Å². The highest BCUT2D eigenvalue weighted by molar-refractivity contribution is 9.10. The summed E-state index contributed by atoms with van der Waals surface area (Å²) in [5, 5.41) is 3.38. The Morgan fingerprint density at radius 3 is 2.56 bits per heavy atom. The molecule has 0 aliphatic carbocycles. The zero-order chi connectivity index (χ0) is 13.1. The van der Waals surface area contributed by atoms with Crippen molar-refractivity contribution >= 4 is 44.5 Å². The van der Waals surface area contributed by atoms with Crippen LogP contribution in [-0.4, -0.2) is 4.99 Å². The van der Waals surface area contributed by atoms with Crippen molar-refractivity contribution < 1.29 is 0 Å². The molecule has 0 radical (unpaired) electrons. The van der Waals surface area contributed by atoms with E-state index in [-0.39, 0.29) is 0 Å². The maximum Gasteiger partial charge on any atom is 0.106 e. The zero-order valence-electron chi connectivity index (χ0n) is 9.91. The van der Waals surface area contributed by atoms with Crippen molar-refractivity contribution in [3.05, 3.63) is 58.1 Å². The number of hydrogen-bond acceptors (Lipinski definition) is 2. The van der Waals surface area contributed by atoms with Gasteiger partial charge in [0.2, 0.25) is 0 Å². The summed E-state index contributed by atoms with van der Waals surface area (Å²) in [5.74, 6) is 0. The first-order valence-electron chi connectivity index (χ1n) is 5.50. The van der Waals surface area contributed by atoms with Crippen LogP contribution in [0.3, 0.4) is 0 Å². The number of hydrogen-bond donors (Lipinski definition) is 2. The van der Waals surface area contributed by atoms with Crippen molar-refractivity contribution in [1.82, 2.24) is 0 Å². The lowest BCUT2D eigenvalue weighted by Crippen LogP contribution is -2.12. The molecule has 2 nitrogen and oxygen atoms in total. The molecule has 2 rings (SSSR count). The van der Waals surface area contributed by atoms with Crippen LogP contribution < -0.4 is 11.1 Å². The van der Waals surface area contributed by atoms with Crippen LogP contribution in [0.25, 0.3) is 0 Å². The van der Waals surface area contributed by atoms with Crippen molar-refractivity contribution in [2.24, 2.45) is 5.73 Å². The minimum absolute atomic E-state index is 0.397. The van der Waals surface area contributed by atoms with E-state index in [4.69, 9.17) is 18.0 Å². The van der Waals surface area contributed by atoms with Crippen molar-refractivity contribution in [3.8, 4) is 0 Å². The van der Waals surface area contributed by atoms with Crippen LogP contribution in [0.5, 0.6) is 0 Å². The van der Waals surface area contributed by atoms with Crippen LogP contribution in [0.1, 0.15) is 11.1 Å². The fourth-order valence-electron chi connectivity index (χ4n) is 1.74. The molecule has 4 heteroatoms. The van der Waals surface area contributed by atoms with Gasteiger partial charge < -0.3 is 11.1 Å². The molecule has 0 fully saturated rings. The standard InChI is InChI=1S/C14H13BrN2S/c1-9-5-4-6-10(14(16)18)13(9)17-12-8-3-2-7-11(12)15/h2-8,17H,1H3,(H2,16,18). The number of nitrogens with one attached hydrogen (secondary N) is 1. The molecule has 0 unspecified atom stereocenters. The number of nitrogens with two attached hydrogens (primary N) is 1. The molecule has 0 aliphatic heterocycles. The molecule has 0 aromatic heterocycles. The van der Waals surface area contributed by atoms with E-state index in [9.17, 15) is 0 Å². The molecule has 0 saturated heterocycles. The van der Waals surface area contributed by atoms with Crippen LogP contribution in [0.15, 0.2) is 46.9 Å². The number of para-hydroxylation sites is 2. The fraction of sp³-hybridized carbons (Fsp3) is 0.0714. The van der Waals surface area contributed by atoms with Crippen LogP contribution >= 0.6 is 28.1 Å². The lowest BCUT2D eigenvalue weighted by molar-refractivity contribution is 1.41. The molecule has 18 heavy (non-hydrogen) atoms. The van der Waals surface area contributed by atoms with Gasteiger partial charge in [0.05, 0.1) is 11.4 Å². The Balaban J connectivity index is 2.46. The molecule has 92 valence electrons. The molecular weight excluding hydrogens is 308 g/mol. The van der Waals surface area contributed by atoms with Crippen LogP contribution in [0, 0.1) is 6.92 Å². The number of anilines is 2. The smallest absolute Gasteiger partial charge is 0.106 e. The summed E-state index contributed by atoms with van der Waals surface area (Å²) < 4.78 is 1.00. The summed E-state index contributed by atoms with van der Waals surface area (Å²) in [5.41, 5.74) is 9.67. The third kappa shape index (κ3) is 2.71. The molecule has 0 heterocycles. The molecular formula is C14H13BrN2S. The third-order valence-electron chi connectivity index (χ3n) is 2.67. The van der Waals surface area contributed by atoms with E-state index in [1.807, 2.05) is 49.4 Å². The highest BCUT2D eigenvalue weighted by Crippen LogP contribution is 2.29. The van der Waals surface area contributed by atoms with Gasteiger partial charge in [-0.1, -0.05) is 36.5 Å². The number of aryl methyl sites for hydroxylation is 1. The van der Waals surface area contributed by atoms with Gasteiger partial charge in [-0.15, -0.1) is 0 Å². The molecule has 2 aromatic carbocycles. The maximum absolute atomic E-state index is 5.75. The number of rotatable bonds is 3. The van der Waals surface area contributed by atoms with E-state index in [0.717, 1.165) is 27.0 Å². The molecule has 0 bridgehead atoms. The van der Waals surface area contributed by atoms with Crippen LogP contribution in [-0.2, 0) is 0 Å². The minimum Gasteiger partial charge on any atom is -0.389 e. The van der Waals surface area contributed by atoms with E-state index in [1.54, 1.807) is 0 Å². The summed E-state index contributed by atoms with van der Waals surface area (Å²) in [6.45, 7) is 2.03. The van der Waals surface area contributed by atoms with Crippen molar-refractivity contribution in [2.75, 3.05) is 5.32 Å². The lowest BCUT2D eigenvalue weighted by atomic mass is 10.1. The van der Waals surface area contributed by atoms with Crippen molar-refractivity contribution in [3.63, 3.8) is 0 Å². The van der Waals surface area contributed by atoms with Crippen molar-refractivity contribution in [1.29, 1.82) is 0 Å². The van der Waals surface area contributed by atoms with E-state index in [2.05, 4.69) is 21.2 Å². The Kier molecular flexibility index (Phi) is 3.99. The first-order chi connectivity index (χ1) is 8.59. The summed E-state index contributed by atoms with van der Waals surface area (Å²) in [6.07, 6.45) is 0. The normalized spacial score (nSPS) is 10.1. The Morgan fingerprint density at radius 2 is 1.89 bits per heavy atom. The third-order valence-corrected chi connectivity index (χ3v) is 3.58. The van der Waals surface area contributed by atoms with Gasteiger partial charge in [0.25, 0.3) is 0 Å². The largest absolute Gasteiger partial charge is 0.389 e. The molecule has 0 amide bonds. The number of benzene rings is 2. The van der Waals surface area contributed by atoms with Gasteiger partial charge >= 0.3 is 0 Å². The number of thiocarbonyl (C=S) groups is 1. The highest BCUT2D eigenvalue weighted by Gasteiger charge is 2.09. The summed E-state index contributed by atoms with van der Waals surface area (Å²) >= 11 is 8.60. The molecule has 0 saturated carbocycles. The fourth-order valence-corrected chi connectivity index (χ4v) is 2.29. The quantitative estimate of drug-likeness (QED) is 0.835. The second-order valence-electron chi connectivity index (χ2n) is 3.97. The highest BCUT2D eigenvalue weighted by atomic mass is 79.9. The molecule has 0 spiro atoms. The Labute approximate surface area is 120 Å². The van der Waals surface area contributed by atoms with Gasteiger partial charge in [0.15, 0.2) is 0 Å². The summed E-state index contributed by atoms with van der Waals surface area (Å²) in [4.78, 5) is 0.397. The average molecular weight is 321 g/mol. The Morgan fingerprint density at radius 1 is 1.17 bits per heavy atom. The monoisotopic (exact) mass is 320 g/mol. The van der Waals surface area contributed by atoms with Gasteiger partial charge in [-0.2, -0.15) is 0 Å². The predicted octanol–water partition coefficient (Wildman–Crippen LogP) is 4.14. The van der Waals surface area contributed by atoms with Gasteiger partial charge in [0, 0.05) is 10.0 Å². The Hall–Kier alpha value is -1.39. The minimum atomic E-state index is 0.397. The number of halogens is 1. The second kappa shape index (κ2) is 5.50. The van der Waals surface area contributed by atoms with Crippen molar-refractivity contribution in [2.45, 2.75) is 6.92 Å². The average Bonchev–Trinajstić information content (AvgIpc) is 2.34. The molecule has 0 atom stereocenters. The molecule has 3 N–H and O–H groups in total. The first-order valence-corrected chi connectivity index (χ1v) is 6.70. The first kappa shape index (κ1) is 13.1. The maximum atomic E-state index is 5.75. The van der Waals surface area contributed by atoms with Crippen LogP contribution in [0.4, 0.5) is 11.4 Å². The molecule has 2 aromatic rings. The zero-order valence-corrected chi connectivity index (χ0v) is 12.3. The summed E-state index contributed by atoms with van der Waals surface area (Å²) in [6, 6.07) is 13.8.